The topological polar surface area (TPSA) is 12.9 Å². The summed E-state index contributed by atoms with van der Waals surface area (Å²) in [5, 5.41) is 0.636. The first kappa shape index (κ1) is 12.2. The van der Waals surface area contributed by atoms with Crippen LogP contribution in [-0.4, -0.2) is 4.98 Å². The summed E-state index contributed by atoms with van der Waals surface area (Å²) in [6.07, 6.45) is -3.86. The largest absolute Gasteiger partial charge is 0.433 e. The molecule has 0 N–H and O–H groups in total. The Hall–Kier alpha value is -1.29. The Bertz CT molecular complexity index is 563. The van der Waals surface area contributed by atoms with Crippen molar-refractivity contribution < 1.29 is 13.2 Å². The van der Waals surface area contributed by atoms with E-state index in [1.807, 2.05) is 6.92 Å². The molecule has 1 aromatic carbocycles. The fourth-order valence-electron chi connectivity index (χ4n) is 1.70. The first-order valence-corrected chi connectivity index (χ1v) is 5.46. The molecular weight excluding hydrogens is 251 g/mol. The van der Waals surface area contributed by atoms with Crippen LogP contribution in [-0.2, 0) is 12.6 Å². The Morgan fingerprint density at radius 2 is 2.00 bits per heavy atom. The monoisotopic (exact) mass is 259 g/mol. The van der Waals surface area contributed by atoms with Crippen LogP contribution in [0.25, 0.3) is 10.9 Å². The Morgan fingerprint density at radius 3 is 2.59 bits per heavy atom. The third kappa shape index (κ3) is 2.22. The minimum Gasteiger partial charge on any atom is -0.243 e. The van der Waals surface area contributed by atoms with Gasteiger partial charge in [-0.15, -0.1) is 0 Å². The van der Waals surface area contributed by atoms with E-state index in [2.05, 4.69) is 4.98 Å². The normalized spacial score (nSPS) is 12.1. The molecule has 0 bridgehead atoms. The molecule has 0 fully saturated rings. The number of aromatic nitrogens is 1. The summed E-state index contributed by atoms with van der Waals surface area (Å²) in [6, 6.07) is 6.06. The Kier molecular flexibility index (Phi) is 3.00. The van der Waals surface area contributed by atoms with Gasteiger partial charge in [-0.1, -0.05) is 36.7 Å². The predicted octanol–water partition coefficient (Wildman–Crippen LogP) is 4.47. The van der Waals surface area contributed by atoms with Crippen molar-refractivity contribution in [3.05, 3.63) is 40.5 Å². The highest BCUT2D eigenvalue weighted by Crippen LogP contribution is 2.33. The summed E-state index contributed by atoms with van der Waals surface area (Å²) in [5.41, 5.74) is 0.140. The number of alkyl halides is 3. The fourth-order valence-corrected chi connectivity index (χ4v) is 1.95. The van der Waals surface area contributed by atoms with E-state index in [0.29, 0.717) is 17.3 Å². The van der Waals surface area contributed by atoms with Crippen molar-refractivity contribution in [2.24, 2.45) is 0 Å². The summed E-state index contributed by atoms with van der Waals surface area (Å²) < 4.78 is 37.8. The molecule has 0 aliphatic heterocycles. The molecule has 0 spiro atoms. The van der Waals surface area contributed by atoms with Gasteiger partial charge in [-0.05, 0) is 18.1 Å². The zero-order valence-corrected chi connectivity index (χ0v) is 9.73. The smallest absolute Gasteiger partial charge is 0.243 e. The van der Waals surface area contributed by atoms with Crippen LogP contribution in [0, 0.1) is 0 Å². The molecule has 0 aliphatic rings. The molecule has 1 heterocycles. The number of halogens is 4. The molecule has 17 heavy (non-hydrogen) atoms. The maximum absolute atomic E-state index is 12.6. The van der Waals surface area contributed by atoms with E-state index >= 15 is 0 Å². The molecule has 0 radical (unpaired) electrons. The molecule has 5 heteroatoms. The van der Waals surface area contributed by atoms with Crippen LogP contribution in [0.15, 0.2) is 24.3 Å². The minimum atomic E-state index is -4.47. The zero-order chi connectivity index (χ0) is 12.6. The summed E-state index contributed by atoms with van der Waals surface area (Å²) in [6.45, 7) is 1.87. The maximum atomic E-state index is 12.6. The molecule has 0 aliphatic carbocycles. The van der Waals surface area contributed by atoms with Gasteiger partial charge >= 0.3 is 6.18 Å². The first-order chi connectivity index (χ1) is 7.93. The highest BCUT2D eigenvalue weighted by atomic mass is 35.5. The van der Waals surface area contributed by atoms with Gasteiger partial charge in [0.05, 0.1) is 10.5 Å². The molecule has 0 saturated heterocycles. The summed E-state index contributed by atoms with van der Waals surface area (Å²) >= 11 is 5.86. The van der Waals surface area contributed by atoms with E-state index in [1.165, 1.54) is 0 Å². The Labute approximate surface area is 101 Å². The zero-order valence-electron chi connectivity index (χ0n) is 8.98. The van der Waals surface area contributed by atoms with Crippen LogP contribution in [0.3, 0.4) is 0 Å². The summed E-state index contributed by atoms with van der Waals surface area (Å²) in [5.74, 6) is 0. The minimum absolute atomic E-state index is 0.0811. The van der Waals surface area contributed by atoms with Crippen molar-refractivity contribution in [3.63, 3.8) is 0 Å². The lowest BCUT2D eigenvalue weighted by Gasteiger charge is -2.10. The number of hydrogen-bond donors (Lipinski definition) is 0. The van der Waals surface area contributed by atoms with Gasteiger partial charge in [0.1, 0.15) is 5.69 Å². The van der Waals surface area contributed by atoms with Gasteiger partial charge in [-0.25, -0.2) is 4.98 Å². The highest BCUT2D eigenvalue weighted by Gasteiger charge is 2.33. The average molecular weight is 260 g/mol. The second kappa shape index (κ2) is 4.18. The van der Waals surface area contributed by atoms with E-state index in [9.17, 15) is 13.2 Å². The molecular formula is C12H9ClF3N. The van der Waals surface area contributed by atoms with E-state index in [-0.39, 0.29) is 5.02 Å². The van der Waals surface area contributed by atoms with Crippen molar-refractivity contribution >= 4 is 22.5 Å². The van der Waals surface area contributed by atoms with E-state index in [0.717, 1.165) is 11.6 Å². The number of pyridine rings is 1. The second-order valence-corrected chi connectivity index (χ2v) is 4.06. The van der Waals surface area contributed by atoms with Crippen molar-refractivity contribution in [2.45, 2.75) is 19.5 Å². The van der Waals surface area contributed by atoms with Gasteiger partial charge in [-0.3, -0.25) is 0 Å². The van der Waals surface area contributed by atoms with Gasteiger partial charge in [-0.2, -0.15) is 13.2 Å². The molecule has 1 nitrogen and oxygen atoms in total. The van der Waals surface area contributed by atoms with E-state index in [1.54, 1.807) is 18.2 Å². The molecule has 0 amide bonds. The molecule has 0 atom stereocenters. The lowest BCUT2D eigenvalue weighted by atomic mass is 10.1. The molecule has 2 aromatic rings. The molecule has 1 aromatic heterocycles. The average Bonchev–Trinajstić information content (AvgIpc) is 2.27. The van der Waals surface area contributed by atoms with Crippen molar-refractivity contribution in [1.82, 2.24) is 4.98 Å². The maximum Gasteiger partial charge on any atom is 0.433 e. The third-order valence-corrected chi connectivity index (χ3v) is 2.86. The van der Waals surface area contributed by atoms with Gasteiger partial charge in [0.15, 0.2) is 0 Å². The van der Waals surface area contributed by atoms with Crippen LogP contribution >= 0.6 is 11.6 Å². The lowest BCUT2D eigenvalue weighted by molar-refractivity contribution is -0.140. The van der Waals surface area contributed by atoms with Crippen molar-refractivity contribution in [3.8, 4) is 0 Å². The number of fused-ring (bicyclic) bond motifs is 1. The van der Waals surface area contributed by atoms with Crippen LogP contribution in [0.4, 0.5) is 13.2 Å². The second-order valence-electron chi connectivity index (χ2n) is 3.65. The first-order valence-electron chi connectivity index (χ1n) is 5.09. The van der Waals surface area contributed by atoms with Crippen LogP contribution in [0.5, 0.6) is 0 Å². The van der Waals surface area contributed by atoms with Crippen molar-refractivity contribution in [1.29, 1.82) is 0 Å². The highest BCUT2D eigenvalue weighted by molar-refractivity contribution is 6.35. The van der Waals surface area contributed by atoms with Crippen LogP contribution in [0.2, 0.25) is 5.02 Å². The number of aryl methyl sites for hydroxylation is 1. The van der Waals surface area contributed by atoms with Gasteiger partial charge < -0.3 is 0 Å². The van der Waals surface area contributed by atoms with Crippen molar-refractivity contribution in [2.75, 3.05) is 0 Å². The standard InChI is InChI=1S/C12H9ClF3N/c1-2-7-4-3-5-8-9(13)6-10(12(14,15)16)17-11(7)8/h3-6H,2H2,1H3. The predicted molar refractivity (Wildman–Crippen MR) is 61.1 cm³/mol. The van der Waals surface area contributed by atoms with Crippen LogP contribution < -0.4 is 0 Å². The SMILES string of the molecule is CCc1cccc2c(Cl)cc(C(F)(F)F)nc12. The van der Waals surface area contributed by atoms with Crippen LogP contribution in [0.1, 0.15) is 18.2 Å². The number of benzene rings is 1. The van der Waals surface area contributed by atoms with E-state index in [4.69, 9.17) is 11.6 Å². The quantitative estimate of drug-likeness (QED) is 0.736. The summed E-state index contributed by atoms with van der Waals surface area (Å²) in [7, 11) is 0. The van der Waals surface area contributed by atoms with Gasteiger partial charge in [0, 0.05) is 5.39 Å². The molecule has 0 saturated carbocycles. The molecule has 90 valence electrons. The third-order valence-electron chi connectivity index (χ3n) is 2.54. The van der Waals surface area contributed by atoms with Gasteiger partial charge in [0.25, 0.3) is 0 Å². The number of hydrogen-bond acceptors (Lipinski definition) is 1. The molecule has 0 unspecified atom stereocenters. The number of rotatable bonds is 1. The number of para-hydroxylation sites is 1. The fraction of sp³-hybridized carbons (Fsp3) is 0.250. The van der Waals surface area contributed by atoms with E-state index < -0.39 is 11.9 Å². The Balaban J connectivity index is 2.79. The summed E-state index contributed by atoms with van der Waals surface area (Å²) in [4.78, 5) is 3.67. The Morgan fingerprint density at radius 1 is 1.29 bits per heavy atom. The number of nitrogens with zero attached hydrogens (tertiary/aromatic N) is 1. The molecule has 2 rings (SSSR count). The van der Waals surface area contributed by atoms with Gasteiger partial charge in [0.2, 0.25) is 0 Å². The lowest BCUT2D eigenvalue weighted by Crippen LogP contribution is -2.08.